The molecule has 1 amide bonds. The molecule has 1 aromatic heterocycles. The third-order valence-corrected chi connectivity index (χ3v) is 3.05. The number of tetrazole rings is 1. The van der Waals surface area contributed by atoms with Crippen LogP contribution in [0, 0.1) is 0 Å². The van der Waals surface area contributed by atoms with E-state index in [1.54, 1.807) is 0 Å². The van der Waals surface area contributed by atoms with E-state index in [2.05, 4.69) is 20.8 Å². The lowest BCUT2D eigenvalue weighted by molar-refractivity contribution is 0.150. The zero-order valence-corrected chi connectivity index (χ0v) is 9.18. The highest BCUT2D eigenvalue weighted by Gasteiger charge is 2.23. The number of cyclic esters (lactones) is 1. The highest BCUT2D eigenvalue weighted by atomic mass is 32.2. The number of thioether (sulfide) groups is 1. The molecule has 2 heterocycles. The van der Waals surface area contributed by atoms with Crippen LogP contribution in [0.25, 0.3) is 0 Å². The number of aliphatic hydroxyl groups excluding tert-OH is 1. The number of amides is 1. The maximum Gasteiger partial charge on any atom is 0.407 e. The van der Waals surface area contributed by atoms with Crippen molar-refractivity contribution in [2.75, 3.05) is 18.9 Å². The second kappa shape index (κ2) is 5.12. The summed E-state index contributed by atoms with van der Waals surface area (Å²) < 4.78 is 6.47. The summed E-state index contributed by atoms with van der Waals surface area (Å²) in [5, 5.41) is 23.0. The van der Waals surface area contributed by atoms with Crippen LogP contribution >= 0.6 is 11.8 Å². The second-order valence-corrected chi connectivity index (χ2v) is 4.11. The molecule has 0 bridgehead atoms. The molecule has 8 nitrogen and oxygen atoms in total. The van der Waals surface area contributed by atoms with Gasteiger partial charge in [0.1, 0.15) is 6.10 Å². The number of carbonyl (C=O) groups is 1. The minimum Gasteiger partial charge on any atom is -0.443 e. The number of aromatic nitrogens is 4. The molecule has 2 N–H and O–H groups in total. The van der Waals surface area contributed by atoms with Crippen molar-refractivity contribution in [1.82, 2.24) is 25.5 Å². The number of nitrogens with zero attached hydrogens (tertiary/aromatic N) is 4. The minimum atomic E-state index is -0.388. The zero-order chi connectivity index (χ0) is 11.4. The van der Waals surface area contributed by atoms with Crippen LogP contribution in [-0.4, -0.2) is 56.4 Å². The molecular formula is C7H11N5O3S. The molecule has 1 atom stereocenters. The van der Waals surface area contributed by atoms with E-state index < -0.39 is 0 Å². The quantitative estimate of drug-likeness (QED) is 0.632. The minimum absolute atomic E-state index is 0.0153. The molecule has 16 heavy (non-hydrogen) atoms. The Morgan fingerprint density at radius 3 is 3.25 bits per heavy atom. The van der Waals surface area contributed by atoms with Gasteiger partial charge in [-0.3, -0.25) is 0 Å². The van der Waals surface area contributed by atoms with Crippen LogP contribution in [0.5, 0.6) is 0 Å². The van der Waals surface area contributed by atoms with Crippen LogP contribution < -0.4 is 5.32 Å². The van der Waals surface area contributed by atoms with Gasteiger partial charge in [-0.1, -0.05) is 11.8 Å². The van der Waals surface area contributed by atoms with E-state index in [0.29, 0.717) is 24.0 Å². The zero-order valence-electron chi connectivity index (χ0n) is 8.37. The van der Waals surface area contributed by atoms with Gasteiger partial charge in [0.2, 0.25) is 5.16 Å². The van der Waals surface area contributed by atoms with E-state index in [1.807, 2.05) is 0 Å². The molecule has 1 aromatic rings. The van der Waals surface area contributed by atoms with Gasteiger partial charge in [-0.25, -0.2) is 9.48 Å². The predicted molar refractivity (Wildman–Crippen MR) is 53.9 cm³/mol. The molecule has 1 unspecified atom stereocenters. The molecule has 0 aromatic carbocycles. The fourth-order valence-corrected chi connectivity index (χ4v) is 2.12. The number of alkyl carbamates (subject to hydrolysis) is 1. The van der Waals surface area contributed by atoms with Crippen LogP contribution in [0.15, 0.2) is 5.16 Å². The molecule has 9 heteroatoms. The second-order valence-electron chi connectivity index (χ2n) is 3.13. The molecule has 88 valence electrons. The van der Waals surface area contributed by atoms with Gasteiger partial charge in [0, 0.05) is 5.75 Å². The summed E-state index contributed by atoms with van der Waals surface area (Å²) in [5.74, 6) is 0.588. The molecule has 1 aliphatic rings. The first-order valence-corrected chi connectivity index (χ1v) is 5.72. The lowest BCUT2D eigenvalue weighted by Gasteiger charge is -2.06. The summed E-state index contributed by atoms with van der Waals surface area (Å²) in [5.41, 5.74) is 0. The van der Waals surface area contributed by atoms with E-state index in [-0.39, 0.29) is 18.8 Å². The Morgan fingerprint density at radius 2 is 2.56 bits per heavy atom. The normalized spacial score (nSPS) is 19.6. The van der Waals surface area contributed by atoms with Gasteiger partial charge in [-0.15, -0.1) is 5.10 Å². The number of aliphatic hydroxyl groups is 1. The lowest BCUT2D eigenvalue weighted by atomic mass is 10.4. The van der Waals surface area contributed by atoms with Gasteiger partial charge in [-0.05, 0) is 10.4 Å². The van der Waals surface area contributed by atoms with Gasteiger partial charge in [-0.2, -0.15) is 0 Å². The average molecular weight is 245 g/mol. The van der Waals surface area contributed by atoms with Crippen molar-refractivity contribution in [3.05, 3.63) is 0 Å². The van der Waals surface area contributed by atoms with Crippen molar-refractivity contribution < 1.29 is 14.6 Å². The number of hydrogen-bond donors (Lipinski definition) is 2. The summed E-state index contributed by atoms with van der Waals surface area (Å²) in [7, 11) is 0. The van der Waals surface area contributed by atoms with Gasteiger partial charge in [0.15, 0.2) is 0 Å². The molecule has 0 saturated carbocycles. The number of nitrogens with one attached hydrogen (secondary N) is 1. The van der Waals surface area contributed by atoms with Crippen LogP contribution in [0.1, 0.15) is 0 Å². The molecule has 1 aliphatic heterocycles. The Morgan fingerprint density at radius 1 is 1.69 bits per heavy atom. The van der Waals surface area contributed by atoms with Crippen molar-refractivity contribution in [2.24, 2.45) is 0 Å². The van der Waals surface area contributed by atoms with Crippen molar-refractivity contribution in [2.45, 2.75) is 17.8 Å². The first-order valence-electron chi connectivity index (χ1n) is 4.74. The number of carbonyl (C=O) groups excluding carboxylic acids is 1. The Balaban J connectivity index is 1.84. The monoisotopic (exact) mass is 245 g/mol. The van der Waals surface area contributed by atoms with E-state index in [9.17, 15) is 4.79 Å². The van der Waals surface area contributed by atoms with Gasteiger partial charge >= 0.3 is 6.09 Å². The Labute approximate surface area is 95.3 Å². The summed E-state index contributed by atoms with van der Waals surface area (Å²) in [6, 6.07) is 0. The Hall–Kier alpha value is -1.35. The molecular weight excluding hydrogens is 234 g/mol. The number of hydrogen-bond acceptors (Lipinski definition) is 7. The highest BCUT2D eigenvalue weighted by Crippen LogP contribution is 2.17. The topological polar surface area (TPSA) is 102 Å². The van der Waals surface area contributed by atoms with E-state index in [4.69, 9.17) is 9.84 Å². The molecule has 0 radical (unpaired) electrons. The molecule has 2 rings (SSSR count). The first kappa shape index (κ1) is 11.1. The van der Waals surface area contributed by atoms with Crippen LogP contribution in [0.3, 0.4) is 0 Å². The van der Waals surface area contributed by atoms with Crippen molar-refractivity contribution >= 4 is 17.9 Å². The fraction of sp³-hybridized carbons (Fsp3) is 0.714. The molecule has 0 spiro atoms. The van der Waals surface area contributed by atoms with Crippen molar-refractivity contribution in [1.29, 1.82) is 0 Å². The summed E-state index contributed by atoms with van der Waals surface area (Å²) >= 11 is 1.39. The van der Waals surface area contributed by atoms with Crippen molar-refractivity contribution in [3.8, 4) is 0 Å². The lowest BCUT2D eigenvalue weighted by Crippen LogP contribution is -2.17. The third-order valence-electron chi connectivity index (χ3n) is 1.96. The largest absolute Gasteiger partial charge is 0.443 e. The highest BCUT2D eigenvalue weighted by molar-refractivity contribution is 7.99. The summed E-state index contributed by atoms with van der Waals surface area (Å²) in [4.78, 5) is 10.8. The number of rotatable bonds is 5. The van der Waals surface area contributed by atoms with Crippen LogP contribution in [-0.2, 0) is 11.3 Å². The van der Waals surface area contributed by atoms with Gasteiger partial charge < -0.3 is 15.2 Å². The number of ether oxygens (including phenoxy) is 1. The predicted octanol–water partition coefficient (Wildman–Crippen LogP) is -1.13. The molecule has 1 fully saturated rings. The average Bonchev–Trinajstić information content (AvgIpc) is 2.85. The maximum atomic E-state index is 10.8. The van der Waals surface area contributed by atoms with E-state index in [1.165, 1.54) is 16.4 Å². The van der Waals surface area contributed by atoms with Gasteiger partial charge in [0.05, 0.1) is 19.7 Å². The first-order chi connectivity index (χ1) is 7.79. The molecule has 0 aliphatic carbocycles. The Kier molecular flexibility index (Phi) is 3.57. The SMILES string of the molecule is O=C1NCC(CSc2nnnn2CCO)O1. The van der Waals surface area contributed by atoms with Crippen LogP contribution in [0.4, 0.5) is 4.79 Å². The van der Waals surface area contributed by atoms with Gasteiger partial charge in [0.25, 0.3) is 0 Å². The third kappa shape index (κ3) is 2.61. The fourth-order valence-electron chi connectivity index (χ4n) is 1.23. The molecule has 1 saturated heterocycles. The van der Waals surface area contributed by atoms with Crippen molar-refractivity contribution in [3.63, 3.8) is 0 Å². The standard InChI is InChI=1S/C7H11N5O3S/c13-2-1-12-6(9-10-11-12)16-4-5-3-8-7(14)15-5/h5,13H,1-4H2,(H,8,14). The summed E-state index contributed by atoms with van der Waals surface area (Å²) in [6.45, 7) is 0.851. The van der Waals surface area contributed by atoms with E-state index in [0.717, 1.165) is 0 Å². The van der Waals surface area contributed by atoms with E-state index >= 15 is 0 Å². The maximum absolute atomic E-state index is 10.8. The van der Waals surface area contributed by atoms with Crippen LogP contribution in [0.2, 0.25) is 0 Å². The summed E-state index contributed by atoms with van der Waals surface area (Å²) in [6.07, 6.45) is -0.544. The Bertz CT molecular complexity index is 371. The smallest absolute Gasteiger partial charge is 0.407 e.